The van der Waals surface area contributed by atoms with Crippen LogP contribution in [0.15, 0.2) is 60.7 Å². The van der Waals surface area contributed by atoms with Gasteiger partial charge in [-0.3, -0.25) is 9.69 Å². The lowest BCUT2D eigenvalue weighted by molar-refractivity contribution is -0.169. The molecule has 0 radical (unpaired) electrons. The number of ether oxygens (including phenoxy) is 3. The molecule has 0 bridgehead atoms. The van der Waals surface area contributed by atoms with Gasteiger partial charge in [0.2, 0.25) is 0 Å². The molecule has 8 nitrogen and oxygen atoms in total. The molecule has 2 amide bonds. The standard InChI is InChI=1S/C23H26N2O6/c1-23(2)30-20-17(24-22(27)28)13-18(21(20)31-23)29-14-19(26)25(15-9-5-3-6-10-15)16-11-7-4-8-12-16/h3-12,17-18,20-21,24H,13-14H2,1-2H3,(H,27,28)/t17-,18+,20+,21-/m1/s1. The van der Waals surface area contributed by atoms with Crippen molar-refractivity contribution in [3.8, 4) is 0 Å². The maximum absolute atomic E-state index is 13.2. The minimum absolute atomic E-state index is 0.179. The zero-order valence-electron chi connectivity index (χ0n) is 17.4. The van der Waals surface area contributed by atoms with Crippen molar-refractivity contribution >= 4 is 23.4 Å². The molecule has 164 valence electrons. The van der Waals surface area contributed by atoms with E-state index in [1.807, 2.05) is 60.7 Å². The first kappa shape index (κ1) is 21.3. The van der Waals surface area contributed by atoms with Crippen molar-refractivity contribution in [1.82, 2.24) is 5.32 Å². The predicted molar refractivity (Wildman–Crippen MR) is 113 cm³/mol. The van der Waals surface area contributed by atoms with Gasteiger partial charge in [-0.15, -0.1) is 0 Å². The number of carbonyl (C=O) groups excluding carboxylic acids is 1. The van der Waals surface area contributed by atoms with Gasteiger partial charge in [0.1, 0.15) is 18.8 Å². The molecule has 2 aromatic carbocycles. The third-order valence-corrected chi connectivity index (χ3v) is 5.42. The van der Waals surface area contributed by atoms with E-state index in [0.29, 0.717) is 6.42 Å². The molecule has 8 heteroatoms. The highest BCUT2D eigenvalue weighted by Crippen LogP contribution is 2.40. The Morgan fingerprint density at radius 3 is 2.13 bits per heavy atom. The number of carbonyl (C=O) groups is 2. The van der Waals surface area contributed by atoms with Gasteiger partial charge in [-0.05, 0) is 44.5 Å². The zero-order valence-corrected chi connectivity index (χ0v) is 17.4. The predicted octanol–water partition coefficient (Wildman–Crippen LogP) is 3.30. The normalized spacial score (nSPS) is 26.3. The number of rotatable bonds is 6. The van der Waals surface area contributed by atoms with Crippen LogP contribution in [0, 0.1) is 0 Å². The molecular formula is C23H26N2O6. The first-order valence-corrected chi connectivity index (χ1v) is 10.2. The zero-order chi connectivity index (χ0) is 22.0. The third kappa shape index (κ3) is 4.71. The van der Waals surface area contributed by atoms with Crippen molar-refractivity contribution in [3.05, 3.63) is 60.7 Å². The minimum atomic E-state index is -1.13. The number of amides is 2. The van der Waals surface area contributed by atoms with Gasteiger partial charge in [-0.25, -0.2) is 4.79 Å². The van der Waals surface area contributed by atoms with Crippen molar-refractivity contribution in [1.29, 1.82) is 0 Å². The van der Waals surface area contributed by atoms with Gasteiger partial charge in [0.05, 0.1) is 12.1 Å². The molecule has 0 aromatic heterocycles. The van der Waals surface area contributed by atoms with Gasteiger partial charge in [0.15, 0.2) is 5.79 Å². The number of fused-ring (bicyclic) bond motifs is 1. The first-order chi connectivity index (χ1) is 14.8. The van der Waals surface area contributed by atoms with E-state index in [1.54, 1.807) is 18.7 Å². The lowest BCUT2D eigenvalue weighted by atomic mass is 10.2. The fourth-order valence-electron chi connectivity index (χ4n) is 4.23. The van der Waals surface area contributed by atoms with Crippen LogP contribution in [0.4, 0.5) is 16.2 Å². The van der Waals surface area contributed by atoms with E-state index in [-0.39, 0.29) is 12.5 Å². The maximum Gasteiger partial charge on any atom is 0.404 e. The summed E-state index contributed by atoms with van der Waals surface area (Å²) in [6.45, 7) is 3.37. The fraction of sp³-hybridized carbons (Fsp3) is 0.391. The summed E-state index contributed by atoms with van der Waals surface area (Å²) in [5.74, 6) is -1.08. The third-order valence-electron chi connectivity index (χ3n) is 5.42. The van der Waals surface area contributed by atoms with E-state index in [2.05, 4.69) is 5.32 Å². The van der Waals surface area contributed by atoms with E-state index in [0.717, 1.165) is 11.4 Å². The lowest BCUT2D eigenvalue weighted by Gasteiger charge is -2.26. The SMILES string of the molecule is CC1(C)O[C@@H]2[C@H](O1)[C@@H](OCC(=O)N(c1ccccc1)c1ccccc1)C[C@H]2NC(=O)O. The molecule has 0 unspecified atom stereocenters. The Bertz CT molecular complexity index is 881. The number of hydrogen-bond donors (Lipinski definition) is 2. The first-order valence-electron chi connectivity index (χ1n) is 10.2. The second-order valence-corrected chi connectivity index (χ2v) is 8.11. The quantitative estimate of drug-likeness (QED) is 0.736. The highest BCUT2D eigenvalue weighted by atomic mass is 16.8. The Hall–Kier alpha value is -2.94. The fourth-order valence-corrected chi connectivity index (χ4v) is 4.23. The number of nitrogens with one attached hydrogen (secondary N) is 1. The van der Waals surface area contributed by atoms with Crippen LogP contribution in [-0.4, -0.2) is 53.9 Å². The number of benzene rings is 2. The molecule has 1 saturated heterocycles. The Morgan fingerprint density at radius 1 is 1.03 bits per heavy atom. The van der Waals surface area contributed by atoms with E-state index < -0.39 is 36.2 Å². The molecule has 4 atom stereocenters. The Balaban J connectivity index is 1.49. The van der Waals surface area contributed by atoms with Crippen molar-refractivity contribution < 1.29 is 28.9 Å². The number of nitrogens with zero attached hydrogens (tertiary/aromatic N) is 1. The molecule has 2 aromatic rings. The van der Waals surface area contributed by atoms with E-state index in [1.165, 1.54) is 0 Å². The van der Waals surface area contributed by atoms with Crippen LogP contribution in [0.1, 0.15) is 20.3 Å². The van der Waals surface area contributed by atoms with Gasteiger partial charge in [0, 0.05) is 11.4 Å². The molecule has 0 spiro atoms. The molecule has 2 N–H and O–H groups in total. The molecule has 2 fully saturated rings. The Kier molecular flexibility index (Phi) is 5.95. The summed E-state index contributed by atoms with van der Waals surface area (Å²) in [5.41, 5.74) is 1.47. The highest BCUT2D eigenvalue weighted by Gasteiger charge is 2.55. The van der Waals surface area contributed by atoms with Crippen LogP contribution in [0.3, 0.4) is 0 Å². The number of anilines is 2. The lowest BCUT2D eigenvalue weighted by Crippen LogP contribution is -2.42. The Labute approximate surface area is 180 Å². The van der Waals surface area contributed by atoms with Gasteiger partial charge < -0.3 is 24.6 Å². The summed E-state index contributed by atoms with van der Waals surface area (Å²) in [6.07, 6.45) is -2.16. The molecule has 1 saturated carbocycles. The van der Waals surface area contributed by atoms with Crippen LogP contribution >= 0.6 is 0 Å². The van der Waals surface area contributed by atoms with Crippen molar-refractivity contribution in [2.75, 3.05) is 11.5 Å². The average molecular weight is 426 g/mol. The summed E-state index contributed by atoms with van der Waals surface area (Å²) in [6, 6.07) is 18.2. The summed E-state index contributed by atoms with van der Waals surface area (Å²) in [4.78, 5) is 26.0. The topological polar surface area (TPSA) is 97.3 Å². The van der Waals surface area contributed by atoms with E-state index in [9.17, 15) is 9.59 Å². The summed E-state index contributed by atoms with van der Waals surface area (Å²) >= 11 is 0. The molecule has 1 heterocycles. The highest BCUT2D eigenvalue weighted by molar-refractivity contribution is 6.01. The molecule has 4 rings (SSSR count). The maximum atomic E-state index is 13.2. The molecule has 2 aliphatic rings. The van der Waals surface area contributed by atoms with Gasteiger partial charge in [-0.1, -0.05) is 36.4 Å². The van der Waals surface area contributed by atoms with Gasteiger partial charge >= 0.3 is 6.09 Å². The largest absolute Gasteiger partial charge is 0.465 e. The number of para-hydroxylation sites is 2. The molecule has 31 heavy (non-hydrogen) atoms. The summed E-state index contributed by atoms with van der Waals surface area (Å²) < 4.78 is 17.8. The van der Waals surface area contributed by atoms with Gasteiger partial charge in [0.25, 0.3) is 5.91 Å². The van der Waals surface area contributed by atoms with Crippen molar-refractivity contribution in [3.63, 3.8) is 0 Å². The monoisotopic (exact) mass is 426 g/mol. The van der Waals surface area contributed by atoms with E-state index >= 15 is 0 Å². The smallest absolute Gasteiger partial charge is 0.404 e. The second-order valence-electron chi connectivity index (χ2n) is 8.11. The van der Waals surface area contributed by atoms with Crippen LogP contribution in [-0.2, 0) is 19.0 Å². The number of carboxylic acid groups (broad SMARTS) is 1. The van der Waals surface area contributed by atoms with Crippen LogP contribution in [0.5, 0.6) is 0 Å². The van der Waals surface area contributed by atoms with Crippen molar-refractivity contribution in [2.45, 2.75) is 50.4 Å². The molecule has 1 aliphatic heterocycles. The minimum Gasteiger partial charge on any atom is -0.465 e. The summed E-state index contributed by atoms with van der Waals surface area (Å²) in [5, 5.41) is 11.6. The van der Waals surface area contributed by atoms with Crippen LogP contribution in [0.2, 0.25) is 0 Å². The number of hydrogen-bond acceptors (Lipinski definition) is 5. The summed E-state index contributed by atoms with van der Waals surface area (Å²) in [7, 11) is 0. The van der Waals surface area contributed by atoms with E-state index in [4.69, 9.17) is 19.3 Å². The Morgan fingerprint density at radius 2 is 1.58 bits per heavy atom. The molecule has 1 aliphatic carbocycles. The van der Waals surface area contributed by atoms with Crippen LogP contribution in [0.25, 0.3) is 0 Å². The van der Waals surface area contributed by atoms with Gasteiger partial charge in [-0.2, -0.15) is 0 Å². The molecular weight excluding hydrogens is 400 g/mol. The van der Waals surface area contributed by atoms with Crippen molar-refractivity contribution in [2.24, 2.45) is 0 Å². The second kappa shape index (κ2) is 8.66. The average Bonchev–Trinajstić information content (AvgIpc) is 3.21. The van der Waals surface area contributed by atoms with Crippen LogP contribution < -0.4 is 10.2 Å².